The zero-order valence-corrected chi connectivity index (χ0v) is 13.1. The average Bonchev–Trinajstić information content (AvgIpc) is 2.71. The van der Waals surface area contributed by atoms with E-state index < -0.39 is 0 Å². The van der Waals surface area contributed by atoms with E-state index in [0.29, 0.717) is 4.99 Å². The van der Waals surface area contributed by atoms with Crippen LogP contribution in [0.5, 0.6) is 0 Å². The highest BCUT2D eigenvalue weighted by Gasteiger charge is 2.09. The summed E-state index contributed by atoms with van der Waals surface area (Å²) in [5.41, 5.74) is 8.89. The molecule has 0 fully saturated rings. The smallest absolute Gasteiger partial charge is 0.107 e. The number of thiocarbonyl (C=S) groups is 1. The second kappa shape index (κ2) is 5.82. The fourth-order valence-electron chi connectivity index (χ4n) is 1.68. The van der Waals surface area contributed by atoms with Gasteiger partial charge in [-0.3, -0.25) is 0 Å². The van der Waals surface area contributed by atoms with Crippen molar-refractivity contribution in [3.63, 3.8) is 0 Å². The summed E-state index contributed by atoms with van der Waals surface area (Å²) >= 11 is 10.3. The minimum Gasteiger partial charge on any atom is -0.389 e. The van der Waals surface area contributed by atoms with Gasteiger partial charge in [-0.25, -0.2) is 0 Å². The van der Waals surface area contributed by atoms with Crippen LogP contribution in [-0.2, 0) is 6.54 Å². The predicted molar refractivity (Wildman–Crippen MR) is 86.4 cm³/mol. The van der Waals surface area contributed by atoms with Gasteiger partial charge >= 0.3 is 0 Å². The van der Waals surface area contributed by atoms with Gasteiger partial charge in [0.1, 0.15) is 4.99 Å². The highest BCUT2D eigenvalue weighted by molar-refractivity contribution is 9.10. The second-order valence-corrected chi connectivity index (χ2v) is 6.20. The number of anilines is 1. The van der Waals surface area contributed by atoms with Crippen LogP contribution in [0.3, 0.4) is 0 Å². The van der Waals surface area contributed by atoms with Crippen molar-refractivity contribution in [1.29, 1.82) is 0 Å². The molecule has 0 aliphatic rings. The lowest BCUT2D eigenvalue weighted by atomic mass is 10.1. The first-order valence-corrected chi connectivity index (χ1v) is 7.53. The molecule has 1 aromatic heterocycles. The van der Waals surface area contributed by atoms with Crippen LogP contribution in [0.25, 0.3) is 0 Å². The summed E-state index contributed by atoms with van der Waals surface area (Å²) in [5.74, 6) is 0. The Hall–Kier alpha value is -0.910. The van der Waals surface area contributed by atoms with Crippen molar-refractivity contribution in [2.75, 3.05) is 5.32 Å². The normalized spacial score (nSPS) is 10.3. The van der Waals surface area contributed by atoms with Gasteiger partial charge in [-0.15, -0.1) is 11.3 Å². The number of rotatable bonds is 4. The molecular formula is C13H13BrN2S2. The molecular weight excluding hydrogens is 328 g/mol. The predicted octanol–water partition coefficient (Wildman–Crippen LogP) is 4.07. The van der Waals surface area contributed by atoms with Gasteiger partial charge in [0.25, 0.3) is 0 Å². The van der Waals surface area contributed by atoms with E-state index in [1.807, 2.05) is 18.2 Å². The summed E-state index contributed by atoms with van der Waals surface area (Å²) in [4.78, 5) is 1.72. The molecule has 5 heteroatoms. The van der Waals surface area contributed by atoms with Crippen LogP contribution in [-0.4, -0.2) is 4.99 Å². The van der Waals surface area contributed by atoms with Crippen molar-refractivity contribution in [3.8, 4) is 0 Å². The molecule has 0 radical (unpaired) electrons. The first-order valence-electron chi connectivity index (χ1n) is 5.44. The van der Waals surface area contributed by atoms with E-state index in [9.17, 15) is 0 Å². The second-order valence-electron chi connectivity index (χ2n) is 3.91. The van der Waals surface area contributed by atoms with Gasteiger partial charge < -0.3 is 11.1 Å². The summed E-state index contributed by atoms with van der Waals surface area (Å²) in [6.07, 6.45) is 0. The van der Waals surface area contributed by atoms with Gasteiger partial charge in [0.15, 0.2) is 0 Å². The monoisotopic (exact) mass is 340 g/mol. The van der Waals surface area contributed by atoms with Crippen molar-refractivity contribution in [2.45, 2.75) is 13.5 Å². The number of thiophene rings is 1. The number of nitrogens with two attached hydrogens (primary N) is 1. The molecule has 0 saturated carbocycles. The fourth-order valence-corrected chi connectivity index (χ4v) is 3.46. The maximum Gasteiger partial charge on any atom is 0.107 e. The highest BCUT2D eigenvalue weighted by atomic mass is 79.9. The number of nitrogens with one attached hydrogen (secondary N) is 1. The molecule has 0 aliphatic heterocycles. The van der Waals surface area contributed by atoms with E-state index in [4.69, 9.17) is 18.0 Å². The Morgan fingerprint density at radius 2 is 2.22 bits per heavy atom. The van der Waals surface area contributed by atoms with Crippen LogP contribution in [0.4, 0.5) is 5.69 Å². The van der Waals surface area contributed by atoms with Crippen molar-refractivity contribution in [1.82, 2.24) is 0 Å². The lowest BCUT2D eigenvalue weighted by Crippen LogP contribution is -2.14. The third kappa shape index (κ3) is 2.91. The summed E-state index contributed by atoms with van der Waals surface area (Å²) in [7, 11) is 0. The molecule has 0 atom stereocenters. The van der Waals surface area contributed by atoms with Gasteiger partial charge in [0.05, 0.1) is 0 Å². The molecule has 2 aromatic rings. The Kier molecular flexibility index (Phi) is 4.37. The molecule has 0 aliphatic carbocycles. The summed E-state index contributed by atoms with van der Waals surface area (Å²) < 4.78 is 0.919. The summed E-state index contributed by atoms with van der Waals surface area (Å²) in [5, 5.41) is 5.49. The van der Waals surface area contributed by atoms with Gasteiger partial charge in [0, 0.05) is 27.1 Å². The Morgan fingerprint density at radius 3 is 2.83 bits per heavy atom. The Bertz CT molecular complexity index is 578. The fraction of sp³-hybridized carbons (Fsp3) is 0.154. The Morgan fingerprint density at radius 1 is 1.44 bits per heavy atom. The first kappa shape index (κ1) is 13.5. The average molecular weight is 341 g/mol. The van der Waals surface area contributed by atoms with E-state index in [2.05, 4.69) is 39.6 Å². The van der Waals surface area contributed by atoms with Gasteiger partial charge in [-0.2, -0.15) is 0 Å². The molecule has 0 saturated heterocycles. The molecule has 0 amide bonds. The third-order valence-electron chi connectivity index (χ3n) is 2.67. The largest absolute Gasteiger partial charge is 0.389 e. The van der Waals surface area contributed by atoms with E-state index in [-0.39, 0.29) is 0 Å². The van der Waals surface area contributed by atoms with Crippen LogP contribution in [0, 0.1) is 6.92 Å². The van der Waals surface area contributed by atoms with Crippen LogP contribution in [0.15, 0.2) is 34.1 Å². The number of halogens is 1. The van der Waals surface area contributed by atoms with Gasteiger partial charge in [0.2, 0.25) is 0 Å². The van der Waals surface area contributed by atoms with Crippen LogP contribution < -0.4 is 11.1 Å². The molecule has 2 nitrogen and oxygen atoms in total. The van der Waals surface area contributed by atoms with Gasteiger partial charge in [-0.1, -0.05) is 18.3 Å². The minimum absolute atomic E-state index is 0.396. The molecule has 0 unspecified atom stereocenters. The van der Waals surface area contributed by atoms with E-state index in [1.54, 1.807) is 11.3 Å². The van der Waals surface area contributed by atoms with Crippen molar-refractivity contribution in [2.24, 2.45) is 5.73 Å². The topological polar surface area (TPSA) is 38.0 Å². The Labute approximate surface area is 124 Å². The molecule has 18 heavy (non-hydrogen) atoms. The molecule has 1 aromatic carbocycles. The molecule has 3 N–H and O–H groups in total. The molecule has 1 heterocycles. The number of hydrogen-bond donors (Lipinski definition) is 2. The number of aryl methyl sites for hydroxylation is 1. The molecule has 0 spiro atoms. The SMILES string of the molecule is Cc1ccsc1CNc1cccc(Br)c1C(N)=S. The maximum atomic E-state index is 5.76. The van der Waals surface area contributed by atoms with E-state index in [1.165, 1.54) is 10.4 Å². The Balaban J connectivity index is 2.22. The molecule has 2 rings (SSSR count). The molecule has 94 valence electrons. The zero-order valence-electron chi connectivity index (χ0n) is 9.87. The lowest BCUT2D eigenvalue weighted by molar-refractivity contribution is 1.16. The standard InChI is InChI=1S/C13H13BrN2S2/c1-8-5-6-18-11(8)7-16-10-4-2-3-9(14)12(10)13(15)17/h2-6,16H,7H2,1H3,(H2,15,17). The molecule has 0 bridgehead atoms. The summed E-state index contributed by atoms with van der Waals surface area (Å²) in [6, 6.07) is 8.02. The minimum atomic E-state index is 0.396. The van der Waals surface area contributed by atoms with Crippen LogP contribution in [0.1, 0.15) is 16.0 Å². The van der Waals surface area contributed by atoms with Crippen molar-refractivity contribution < 1.29 is 0 Å². The van der Waals surface area contributed by atoms with Crippen LogP contribution >= 0.6 is 39.5 Å². The highest BCUT2D eigenvalue weighted by Crippen LogP contribution is 2.26. The van der Waals surface area contributed by atoms with Crippen molar-refractivity contribution >= 4 is 50.2 Å². The first-order chi connectivity index (χ1) is 8.59. The van der Waals surface area contributed by atoms with Crippen LogP contribution in [0.2, 0.25) is 0 Å². The lowest BCUT2D eigenvalue weighted by Gasteiger charge is -2.12. The maximum absolute atomic E-state index is 5.76. The number of benzene rings is 1. The summed E-state index contributed by atoms with van der Waals surface area (Å²) in [6.45, 7) is 2.90. The zero-order chi connectivity index (χ0) is 13.1. The van der Waals surface area contributed by atoms with E-state index >= 15 is 0 Å². The number of hydrogen-bond acceptors (Lipinski definition) is 3. The van der Waals surface area contributed by atoms with E-state index in [0.717, 1.165) is 22.3 Å². The quantitative estimate of drug-likeness (QED) is 0.824. The van der Waals surface area contributed by atoms with Crippen molar-refractivity contribution in [3.05, 3.63) is 50.1 Å². The third-order valence-corrected chi connectivity index (χ3v) is 4.56. The van der Waals surface area contributed by atoms with Gasteiger partial charge in [-0.05, 0) is 52.0 Å².